The molecule has 0 aliphatic heterocycles. The minimum Gasteiger partial charge on any atom is -0.383 e. The Morgan fingerprint density at radius 1 is 1.02 bits per heavy atom. The van der Waals surface area contributed by atoms with E-state index in [-0.39, 0.29) is 16.3 Å². The number of fused-ring (bicyclic) bond motifs is 1. The number of nitrogens with two attached hydrogens (primary N) is 1. The maximum absolute atomic E-state index is 13.7. The molecule has 0 bridgehead atoms. The second-order valence-corrected chi connectivity index (χ2v) is 12.5. The number of nitrogens with zero attached hydrogens (tertiary/aromatic N) is 3. The predicted molar refractivity (Wildman–Crippen MR) is 154 cm³/mol. The highest BCUT2D eigenvalue weighted by molar-refractivity contribution is 7.90. The van der Waals surface area contributed by atoms with E-state index in [1.807, 2.05) is 30.3 Å². The van der Waals surface area contributed by atoms with Crippen LogP contribution in [-0.4, -0.2) is 35.5 Å². The highest BCUT2D eigenvalue weighted by atomic mass is 32.2. The van der Waals surface area contributed by atoms with Crippen molar-refractivity contribution in [3.63, 3.8) is 0 Å². The summed E-state index contributed by atoms with van der Waals surface area (Å²) in [4.78, 5) is 27.5. The van der Waals surface area contributed by atoms with Gasteiger partial charge in [-0.3, -0.25) is 4.79 Å². The van der Waals surface area contributed by atoms with E-state index in [0.29, 0.717) is 17.9 Å². The van der Waals surface area contributed by atoms with Crippen molar-refractivity contribution < 1.29 is 22.0 Å². The molecular weight excluding hydrogens is 570 g/mol. The van der Waals surface area contributed by atoms with Crippen LogP contribution in [0, 0.1) is 11.6 Å². The Morgan fingerprint density at radius 3 is 2.59 bits per heavy atom. The average molecular weight is 595 g/mol. The summed E-state index contributed by atoms with van der Waals surface area (Å²) in [5, 5.41) is 6.57. The first-order valence-corrected chi connectivity index (χ1v) is 15.0. The first kappa shape index (κ1) is 28.1. The van der Waals surface area contributed by atoms with E-state index in [1.54, 1.807) is 6.92 Å². The van der Waals surface area contributed by atoms with Gasteiger partial charge in [0.15, 0.2) is 21.5 Å². The predicted octanol–water partition coefficient (Wildman–Crippen LogP) is 5.12. The van der Waals surface area contributed by atoms with Gasteiger partial charge in [0, 0.05) is 27.6 Å². The second kappa shape index (κ2) is 11.2. The van der Waals surface area contributed by atoms with Gasteiger partial charge in [-0.1, -0.05) is 12.1 Å². The number of nitrogen functional groups attached to an aromatic ring is 1. The van der Waals surface area contributed by atoms with Crippen LogP contribution in [0.2, 0.25) is 0 Å². The van der Waals surface area contributed by atoms with Crippen molar-refractivity contribution >= 4 is 49.6 Å². The lowest BCUT2D eigenvalue weighted by molar-refractivity contribution is 0.0940. The standard InChI is InChI=1S/C28H24F2N6O3S2/c1-15(16-3-6-22(29)23(30)10-16)36-28(37)21-11-19(41(2,38)39)13-33-27(21)32-12-18-5-8-25(40-18)17-4-7-24-20(9-17)26(31)35-14-34-24/h3-11,13-15H,12H2,1-2H3,(H,32,33)(H,36,37)(H2,31,34,35)/t15-/m0/s1. The lowest BCUT2D eigenvalue weighted by atomic mass is 10.1. The Bertz CT molecular complexity index is 1900. The molecule has 0 spiro atoms. The summed E-state index contributed by atoms with van der Waals surface area (Å²) in [5.74, 6) is -2.12. The van der Waals surface area contributed by atoms with Crippen LogP contribution >= 0.6 is 11.3 Å². The van der Waals surface area contributed by atoms with Gasteiger partial charge < -0.3 is 16.4 Å². The molecule has 0 radical (unpaired) electrons. The Hall–Kier alpha value is -4.49. The number of nitrogens with one attached hydrogen (secondary N) is 2. The molecule has 3 heterocycles. The molecule has 9 nitrogen and oxygen atoms in total. The van der Waals surface area contributed by atoms with E-state index in [9.17, 15) is 22.0 Å². The number of carbonyl (C=O) groups is 1. The Labute approximate surface area is 238 Å². The van der Waals surface area contributed by atoms with Crippen LogP contribution in [0.4, 0.5) is 20.4 Å². The number of halogens is 2. The quantitative estimate of drug-likeness (QED) is 0.225. The highest BCUT2D eigenvalue weighted by Crippen LogP contribution is 2.32. The van der Waals surface area contributed by atoms with Gasteiger partial charge >= 0.3 is 0 Å². The van der Waals surface area contributed by atoms with Gasteiger partial charge in [0.05, 0.1) is 28.6 Å². The third-order valence-corrected chi connectivity index (χ3v) is 8.58. The van der Waals surface area contributed by atoms with Crippen molar-refractivity contribution in [3.8, 4) is 10.4 Å². The molecule has 210 valence electrons. The smallest absolute Gasteiger partial charge is 0.255 e. The molecule has 1 atom stereocenters. The lowest BCUT2D eigenvalue weighted by Crippen LogP contribution is -2.28. The fourth-order valence-electron chi connectivity index (χ4n) is 4.13. The second-order valence-electron chi connectivity index (χ2n) is 9.32. The van der Waals surface area contributed by atoms with Crippen molar-refractivity contribution in [1.82, 2.24) is 20.3 Å². The molecule has 0 fully saturated rings. The molecule has 41 heavy (non-hydrogen) atoms. The third kappa shape index (κ3) is 6.15. The van der Waals surface area contributed by atoms with Gasteiger partial charge in [0.25, 0.3) is 5.91 Å². The Kier molecular flexibility index (Phi) is 7.65. The largest absolute Gasteiger partial charge is 0.383 e. The molecule has 13 heteroatoms. The maximum Gasteiger partial charge on any atom is 0.255 e. The van der Waals surface area contributed by atoms with Crippen molar-refractivity contribution in [2.45, 2.75) is 24.4 Å². The normalized spacial score (nSPS) is 12.3. The first-order valence-electron chi connectivity index (χ1n) is 12.3. The van der Waals surface area contributed by atoms with Gasteiger partial charge in [-0.05, 0) is 60.5 Å². The highest BCUT2D eigenvalue weighted by Gasteiger charge is 2.20. The number of amides is 1. The number of aromatic nitrogens is 3. The van der Waals surface area contributed by atoms with Crippen LogP contribution in [0.5, 0.6) is 0 Å². The molecular formula is C28H24F2N6O3S2. The zero-order valence-corrected chi connectivity index (χ0v) is 23.5. The Balaban J connectivity index is 1.37. The zero-order chi connectivity index (χ0) is 29.3. The van der Waals surface area contributed by atoms with Crippen LogP contribution in [0.1, 0.15) is 33.8 Å². The summed E-state index contributed by atoms with van der Waals surface area (Å²) >= 11 is 1.52. The van der Waals surface area contributed by atoms with Crippen LogP contribution in [-0.2, 0) is 16.4 Å². The van der Waals surface area contributed by atoms with Gasteiger partial charge in [-0.15, -0.1) is 11.3 Å². The lowest BCUT2D eigenvalue weighted by Gasteiger charge is -2.17. The van der Waals surface area contributed by atoms with Crippen molar-refractivity contribution in [3.05, 3.63) is 94.8 Å². The molecule has 5 rings (SSSR count). The number of anilines is 2. The van der Waals surface area contributed by atoms with Crippen LogP contribution < -0.4 is 16.4 Å². The van der Waals surface area contributed by atoms with Crippen LogP contribution in [0.25, 0.3) is 21.3 Å². The molecule has 1 amide bonds. The van der Waals surface area contributed by atoms with E-state index in [4.69, 9.17) is 5.73 Å². The first-order chi connectivity index (χ1) is 19.5. The van der Waals surface area contributed by atoms with Crippen LogP contribution in [0.3, 0.4) is 0 Å². The number of pyridine rings is 1. The number of hydrogen-bond donors (Lipinski definition) is 3. The summed E-state index contributed by atoms with van der Waals surface area (Å²) < 4.78 is 51.4. The molecule has 0 aliphatic rings. The van der Waals surface area contributed by atoms with Gasteiger partial charge in [0.1, 0.15) is 18.0 Å². The van der Waals surface area contributed by atoms with Crippen molar-refractivity contribution in [2.24, 2.45) is 0 Å². The zero-order valence-electron chi connectivity index (χ0n) is 21.9. The molecule has 4 N–H and O–H groups in total. The molecule has 0 saturated carbocycles. The number of hydrogen-bond acceptors (Lipinski definition) is 9. The summed E-state index contributed by atoms with van der Waals surface area (Å²) in [5.41, 5.74) is 8.02. The van der Waals surface area contributed by atoms with Crippen molar-refractivity contribution in [1.29, 1.82) is 0 Å². The van der Waals surface area contributed by atoms with E-state index in [1.165, 1.54) is 36.0 Å². The van der Waals surface area contributed by atoms with E-state index >= 15 is 0 Å². The number of carbonyl (C=O) groups excluding carboxylic acids is 1. The van der Waals surface area contributed by atoms with Gasteiger partial charge in [-0.2, -0.15) is 0 Å². The molecule has 2 aromatic carbocycles. The number of sulfone groups is 1. The topological polar surface area (TPSA) is 140 Å². The van der Waals surface area contributed by atoms with E-state index in [0.717, 1.165) is 44.6 Å². The summed E-state index contributed by atoms with van der Waals surface area (Å²) in [6, 6.07) is 13.5. The van der Waals surface area contributed by atoms with E-state index in [2.05, 4.69) is 25.6 Å². The SMILES string of the molecule is C[C@H](NC(=O)c1cc(S(C)(=O)=O)cnc1NCc1ccc(-c2ccc3ncnc(N)c3c2)s1)c1ccc(F)c(F)c1. The minimum atomic E-state index is -3.66. The van der Waals surface area contributed by atoms with Crippen LogP contribution in [0.15, 0.2) is 72.0 Å². The fourth-order valence-corrected chi connectivity index (χ4v) is 5.65. The summed E-state index contributed by atoms with van der Waals surface area (Å²) in [7, 11) is -3.66. The number of benzene rings is 2. The molecule has 0 saturated heterocycles. The number of rotatable bonds is 8. The van der Waals surface area contributed by atoms with Gasteiger partial charge in [0.2, 0.25) is 0 Å². The van der Waals surface area contributed by atoms with Crippen molar-refractivity contribution in [2.75, 3.05) is 17.3 Å². The van der Waals surface area contributed by atoms with E-state index < -0.39 is 33.4 Å². The number of thiophene rings is 1. The summed E-state index contributed by atoms with van der Waals surface area (Å²) in [6.07, 6.45) is 3.61. The molecule has 0 aliphatic carbocycles. The maximum atomic E-state index is 13.7. The summed E-state index contributed by atoms with van der Waals surface area (Å²) in [6.45, 7) is 1.90. The minimum absolute atomic E-state index is 0.0101. The molecule has 3 aromatic heterocycles. The Morgan fingerprint density at radius 2 is 1.83 bits per heavy atom. The molecule has 0 unspecified atom stereocenters. The monoisotopic (exact) mass is 594 g/mol. The average Bonchev–Trinajstić information content (AvgIpc) is 3.42. The fraction of sp³-hybridized carbons (Fsp3) is 0.143. The van der Waals surface area contributed by atoms with Gasteiger partial charge in [-0.25, -0.2) is 32.2 Å². The third-order valence-electron chi connectivity index (χ3n) is 6.37. The molecule has 5 aromatic rings.